The molecule has 34 heavy (non-hydrogen) atoms. The van der Waals surface area contributed by atoms with Crippen LogP contribution in [0, 0.1) is 17.6 Å². The normalized spacial score (nSPS) is 20.6. The fourth-order valence-corrected chi connectivity index (χ4v) is 5.42. The van der Waals surface area contributed by atoms with Crippen molar-refractivity contribution in [2.24, 2.45) is 5.92 Å². The molecule has 0 saturated heterocycles. The Balaban J connectivity index is 1.42. The van der Waals surface area contributed by atoms with Crippen molar-refractivity contribution >= 4 is 5.57 Å². The summed E-state index contributed by atoms with van der Waals surface area (Å²) in [5.74, 6) is -1.03. The van der Waals surface area contributed by atoms with E-state index in [2.05, 4.69) is 11.7 Å². The molecule has 2 aliphatic carbocycles. The zero-order valence-corrected chi connectivity index (χ0v) is 19.5. The maximum atomic E-state index is 15.1. The molecular formula is C28H31F5O. The van der Waals surface area contributed by atoms with Crippen molar-refractivity contribution in [2.45, 2.75) is 83.4 Å². The molecule has 0 atom stereocenters. The molecule has 0 spiro atoms. The number of halogens is 5. The summed E-state index contributed by atoms with van der Waals surface area (Å²) in [5.41, 5.74) is 3.33. The lowest BCUT2D eigenvalue weighted by atomic mass is 9.76. The average Bonchev–Trinajstić information content (AvgIpc) is 2.79. The van der Waals surface area contributed by atoms with Crippen molar-refractivity contribution in [3.8, 4) is 5.75 Å². The number of allylic oxidation sites excluding steroid dienone is 2. The van der Waals surface area contributed by atoms with E-state index in [0.717, 1.165) is 42.0 Å². The van der Waals surface area contributed by atoms with Gasteiger partial charge in [0.2, 0.25) is 0 Å². The third-order valence-corrected chi connectivity index (χ3v) is 7.30. The lowest BCUT2D eigenvalue weighted by Crippen LogP contribution is -2.18. The summed E-state index contributed by atoms with van der Waals surface area (Å²) in [5, 5.41) is 0. The maximum absolute atomic E-state index is 15.1. The Morgan fingerprint density at radius 2 is 1.68 bits per heavy atom. The highest BCUT2D eigenvalue weighted by molar-refractivity contribution is 5.71. The molecule has 0 aromatic heterocycles. The third kappa shape index (κ3) is 6.00. The van der Waals surface area contributed by atoms with Gasteiger partial charge < -0.3 is 4.74 Å². The molecule has 184 valence electrons. The second-order valence-corrected chi connectivity index (χ2v) is 9.66. The Hall–Kier alpha value is -2.37. The van der Waals surface area contributed by atoms with Crippen molar-refractivity contribution in [1.82, 2.24) is 0 Å². The largest absolute Gasteiger partial charge is 0.573 e. The molecule has 2 aromatic rings. The third-order valence-electron chi connectivity index (χ3n) is 7.30. The smallest absolute Gasteiger partial charge is 0.403 e. The van der Waals surface area contributed by atoms with Crippen LogP contribution in [0.3, 0.4) is 0 Å². The molecule has 0 heterocycles. The number of fused-ring (bicyclic) bond motifs is 1. The molecule has 4 rings (SSSR count). The van der Waals surface area contributed by atoms with Crippen molar-refractivity contribution in [2.75, 3.05) is 0 Å². The number of alkyl halides is 3. The second-order valence-electron chi connectivity index (χ2n) is 9.66. The van der Waals surface area contributed by atoms with Crippen LogP contribution in [0.4, 0.5) is 22.0 Å². The van der Waals surface area contributed by atoms with Crippen LogP contribution in [0.25, 0.3) is 5.57 Å². The first-order valence-electron chi connectivity index (χ1n) is 12.3. The zero-order chi connectivity index (χ0) is 24.3. The predicted molar refractivity (Wildman–Crippen MR) is 124 cm³/mol. The lowest BCUT2D eigenvalue weighted by molar-refractivity contribution is -0.275. The molecule has 0 N–H and O–H groups in total. The minimum atomic E-state index is -4.95. The summed E-state index contributed by atoms with van der Waals surface area (Å²) in [7, 11) is 0. The number of ether oxygens (including phenoxy) is 1. The predicted octanol–water partition coefficient (Wildman–Crippen LogP) is 8.90. The molecule has 0 unspecified atom stereocenters. The summed E-state index contributed by atoms with van der Waals surface area (Å²) in [6.45, 7) is 2.22. The van der Waals surface area contributed by atoms with Crippen molar-refractivity contribution < 1.29 is 26.7 Å². The Kier molecular flexibility index (Phi) is 7.63. The molecule has 2 aromatic carbocycles. The van der Waals surface area contributed by atoms with Gasteiger partial charge in [0.25, 0.3) is 0 Å². The van der Waals surface area contributed by atoms with Gasteiger partial charge in [-0.3, -0.25) is 0 Å². The first-order chi connectivity index (χ1) is 16.2. The molecule has 0 aliphatic heterocycles. The van der Waals surface area contributed by atoms with E-state index in [1.165, 1.54) is 38.5 Å². The van der Waals surface area contributed by atoms with E-state index in [1.807, 2.05) is 6.07 Å². The van der Waals surface area contributed by atoms with Crippen LogP contribution in [-0.4, -0.2) is 6.36 Å². The van der Waals surface area contributed by atoms with Crippen molar-refractivity contribution in [3.05, 3.63) is 70.3 Å². The zero-order valence-electron chi connectivity index (χ0n) is 19.5. The highest BCUT2D eigenvalue weighted by atomic mass is 19.4. The summed E-state index contributed by atoms with van der Waals surface area (Å²) in [4.78, 5) is 0. The first-order valence-corrected chi connectivity index (χ1v) is 12.3. The number of benzene rings is 2. The Morgan fingerprint density at radius 1 is 0.912 bits per heavy atom. The maximum Gasteiger partial charge on any atom is 0.573 e. The number of hydrogen-bond donors (Lipinski definition) is 0. The minimum absolute atomic E-state index is 0.262. The fraction of sp³-hybridized carbons (Fsp3) is 0.500. The van der Waals surface area contributed by atoms with Gasteiger partial charge in [0.1, 0.15) is 5.82 Å². The van der Waals surface area contributed by atoms with Gasteiger partial charge in [0.05, 0.1) is 0 Å². The molecule has 2 aliphatic rings. The minimum Gasteiger partial charge on any atom is -0.403 e. The van der Waals surface area contributed by atoms with Crippen LogP contribution in [-0.2, 0) is 12.8 Å². The van der Waals surface area contributed by atoms with Gasteiger partial charge in [-0.2, -0.15) is 0 Å². The first kappa shape index (κ1) is 24.7. The van der Waals surface area contributed by atoms with Crippen LogP contribution >= 0.6 is 0 Å². The molecule has 1 saturated carbocycles. The highest BCUT2D eigenvalue weighted by Crippen LogP contribution is 2.39. The van der Waals surface area contributed by atoms with Crippen LogP contribution < -0.4 is 4.74 Å². The van der Waals surface area contributed by atoms with E-state index in [-0.39, 0.29) is 12.2 Å². The SMILES string of the molecule is CCCCCC1CCC(c2ccc(C3=CCc4cc(OC(F)(F)F)c(F)cc4C3)c(F)c2)CC1. The van der Waals surface area contributed by atoms with Gasteiger partial charge in [0, 0.05) is 5.56 Å². The van der Waals surface area contributed by atoms with E-state index in [4.69, 9.17) is 0 Å². The summed E-state index contributed by atoms with van der Waals surface area (Å²) in [6.07, 6.45) is 7.12. The summed E-state index contributed by atoms with van der Waals surface area (Å²) < 4.78 is 70.5. The Labute approximate surface area is 198 Å². The van der Waals surface area contributed by atoms with Gasteiger partial charge in [-0.05, 0) is 90.8 Å². The second kappa shape index (κ2) is 10.5. The van der Waals surface area contributed by atoms with E-state index in [9.17, 15) is 17.6 Å². The lowest BCUT2D eigenvalue weighted by Gasteiger charge is -2.29. The Morgan fingerprint density at radius 3 is 2.35 bits per heavy atom. The summed E-state index contributed by atoms with van der Waals surface area (Å²) in [6, 6.07) is 7.58. The number of rotatable bonds is 7. The van der Waals surface area contributed by atoms with Gasteiger partial charge in [-0.1, -0.05) is 50.8 Å². The van der Waals surface area contributed by atoms with Crippen molar-refractivity contribution in [1.29, 1.82) is 0 Å². The Bertz CT molecular complexity index is 1030. The molecule has 0 amide bonds. The summed E-state index contributed by atoms with van der Waals surface area (Å²) >= 11 is 0. The highest BCUT2D eigenvalue weighted by Gasteiger charge is 2.33. The van der Waals surface area contributed by atoms with E-state index < -0.39 is 17.9 Å². The molecule has 1 fully saturated rings. The van der Waals surface area contributed by atoms with Crippen LogP contribution in [0.1, 0.15) is 86.5 Å². The monoisotopic (exact) mass is 478 g/mol. The van der Waals surface area contributed by atoms with E-state index in [1.54, 1.807) is 18.2 Å². The molecule has 6 heteroatoms. The van der Waals surface area contributed by atoms with E-state index in [0.29, 0.717) is 29.0 Å². The van der Waals surface area contributed by atoms with Gasteiger partial charge >= 0.3 is 6.36 Å². The van der Waals surface area contributed by atoms with E-state index >= 15 is 4.39 Å². The number of hydrogen-bond acceptors (Lipinski definition) is 1. The number of unbranched alkanes of at least 4 members (excludes halogenated alkanes) is 2. The topological polar surface area (TPSA) is 9.23 Å². The quantitative estimate of drug-likeness (QED) is 0.285. The van der Waals surface area contributed by atoms with Crippen LogP contribution in [0.5, 0.6) is 5.75 Å². The molecule has 1 nitrogen and oxygen atoms in total. The van der Waals surface area contributed by atoms with Crippen LogP contribution in [0.2, 0.25) is 0 Å². The fourth-order valence-electron chi connectivity index (χ4n) is 5.42. The van der Waals surface area contributed by atoms with Crippen LogP contribution in [0.15, 0.2) is 36.4 Å². The van der Waals surface area contributed by atoms with Gasteiger partial charge in [-0.15, -0.1) is 13.2 Å². The van der Waals surface area contributed by atoms with Crippen molar-refractivity contribution in [3.63, 3.8) is 0 Å². The molecule has 0 radical (unpaired) electrons. The van der Waals surface area contributed by atoms with Gasteiger partial charge in [0.15, 0.2) is 11.6 Å². The standard InChI is InChI=1S/C28H31F5O/c1-2-3-4-5-18-6-8-19(9-7-18)20-12-13-24(25(29)15-20)22-11-10-21-17-27(34-28(31,32)33)26(30)16-23(21)14-22/h11-13,15-19H,2-10,14H2,1H3. The average molecular weight is 479 g/mol. The molecule has 0 bridgehead atoms. The van der Waals surface area contributed by atoms with Gasteiger partial charge in [-0.25, -0.2) is 8.78 Å². The molecular weight excluding hydrogens is 447 g/mol.